The molecule has 0 bridgehead atoms. The maximum Gasteiger partial charge on any atom is 0.309 e. The Morgan fingerprint density at radius 2 is 2.00 bits per heavy atom. The third kappa shape index (κ3) is 3.22. The van der Waals surface area contributed by atoms with Gasteiger partial charge in [0.15, 0.2) is 0 Å². The molecular weight excluding hydrogens is 208 g/mol. The molecule has 0 aromatic rings. The molecule has 0 amide bonds. The van der Waals surface area contributed by atoms with E-state index in [9.17, 15) is 9.59 Å². The number of carboxylic acids is 1. The highest BCUT2D eigenvalue weighted by atomic mass is 16.5. The number of aliphatic carboxylic acids is 1. The lowest BCUT2D eigenvalue weighted by molar-refractivity contribution is -0.149. The van der Waals surface area contributed by atoms with Crippen LogP contribution in [-0.2, 0) is 14.3 Å². The molecule has 1 aliphatic carbocycles. The second-order valence-electron chi connectivity index (χ2n) is 4.46. The molecule has 1 N–H and O–H groups in total. The molecule has 0 radical (unpaired) electrons. The Balaban J connectivity index is 2.56. The summed E-state index contributed by atoms with van der Waals surface area (Å²) < 4.78 is 5.02. The molecule has 0 aliphatic heterocycles. The molecule has 4 heteroatoms. The van der Waals surface area contributed by atoms with E-state index in [4.69, 9.17) is 9.84 Å². The first-order valence-corrected chi connectivity index (χ1v) is 5.96. The Kier molecular flexibility index (Phi) is 4.77. The largest absolute Gasteiger partial charge is 0.481 e. The van der Waals surface area contributed by atoms with Crippen molar-refractivity contribution in [3.8, 4) is 0 Å². The van der Waals surface area contributed by atoms with Gasteiger partial charge in [-0.25, -0.2) is 0 Å². The van der Waals surface area contributed by atoms with Crippen LogP contribution < -0.4 is 0 Å². The van der Waals surface area contributed by atoms with Gasteiger partial charge in [-0.15, -0.1) is 0 Å². The molecule has 92 valence electrons. The second-order valence-corrected chi connectivity index (χ2v) is 4.46. The fourth-order valence-electron chi connectivity index (χ4n) is 2.64. The molecule has 0 heterocycles. The number of hydrogen-bond donors (Lipinski definition) is 1. The number of rotatable bonds is 5. The molecule has 1 rings (SSSR count). The van der Waals surface area contributed by atoms with Gasteiger partial charge >= 0.3 is 11.9 Å². The molecule has 1 saturated carbocycles. The van der Waals surface area contributed by atoms with Crippen molar-refractivity contribution in [3.05, 3.63) is 0 Å². The van der Waals surface area contributed by atoms with Crippen LogP contribution in [0.25, 0.3) is 0 Å². The van der Waals surface area contributed by atoms with Crippen molar-refractivity contribution in [3.63, 3.8) is 0 Å². The van der Waals surface area contributed by atoms with Crippen molar-refractivity contribution in [2.24, 2.45) is 17.8 Å². The summed E-state index contributed by atoms with van der Waals surface area (Å²) in [6.45, 7) is 4.23. The Hall–Kier alpha value is -1.06. The quantitative estimate of drug-likeness (QED) is 0.732. The first-order chi connectivity index (χ1) is 7.58. The highest BCUT2D eigenvalue weighted by Gasteiger charge is 2.39. The molecule has 16 heavy (non-hydrogen) atoms. The normalized spacial score (nSPS) is 29.0. The van der Waals surface area contributed by atoms with Crippen molar-refractivity contribution in [2.45, 2.75) is 39.5 Å². The number of ether oxygens (including phenoxy) is 1. The molecule has 1 fully saturated rings. The Labute approximate surface area is 96.0 Å². The lowest BCUT2D eigenvalue weighted by atomic mass is 9.94. The van der Waals surface area contributed by atoms with Gasteiger partial charge in [-0.2, -0.15) is 0 Å². The van der Waals surface area contributed by atoms with Crippen molar-refractivity contribution in [2.75, 3.05) is 6.61 Å². The van der Waals surface area contributed by atoms with E-state index in [1.807, 2.05) is 6.92 Å². The number of carbonyl (C=O) groups excluding carboxylic acids is 1. The maximum atomic E-state index is 11.7. The first-order valence-electron chi connectivity index (χ1n) is 5.96. The highest BCUT2D eigenvalue weighted by Crippen LogP contribution is 2.40. The van der Waals surface area contributed by atoms with Gasteiger partial charge in [-0.1, -0.05) is 13.3 Å². The smallest absolute Gasteiger partial charge is 0.309 e. The van der Waals surface area contributed by atoms with E-state index < -0.39 is 5.97 Å². The van der Waals surface area contributed by atoms with Crippen LogP contribution in [0.15, 0.2) is 0 Å². The fourth-order valence-corrected chi connectivity index (χ4v) is 2.64. The summed E-state index contributed by atoms with van der Waals surface area (Å²) in [5.41, 5.74) is 0. The van der Waals surface area contributed by atoms with Gasteiger partial charge in [0.1, 0.15) is 0 Å². The molecule has 0 aromatic heterocycles. The minimum Gasteiger partial charge on any atom is -0.481 e. The van der Waals surface area contributed by atoms with Crippen molar-refractivity contribution in [1.82, 2.24) is 0 Å². The van der Waals surface area contributed by atoms with Crippen LogP contribution in [0.4, 0.5) is 0 Å². The van der Waals surface area contributed by atoms with E-state index in [-0.39, 0.29) is 24.2 Å². The minimum absolute atomic E-state index is 0.0886. The summed E-state index contributed by atoms with van der Waals surface area (Å²) in [6, 6.07) is 0. The monoisotopic (exact) mass is 228 g/mol. The zero-order chi connectivity index (χ0) is 12.1. The van der Waals surface area contributed by atoms with Crippen LogP contribution in [0.1, 0.15) is 39.5 Å². The van der Waals surface area contributed by atoms with Gasteiger partial charge in [0.05, 0.1) is 12.5 Å². The molecule has 1 aliphatic rings. The van der Waals surface area contributed by atoms with E-state index in [0.29, 0.717) is 18.9 Å². The zero-order valence-corrected chi connectivity index (χ0v) is 9.94. The minimum atomic E-state index is -0.774. The van der Waals surface area contributed by atoms with Gasteiger partial charge in [-0.3, -0.25) is 9.59 Å². The standard InChI is InChI=1S/C12H20O4/c1-3-9-5-8(7-11(13)14)6-10(9)12(15)16-4-2/h8-10H,3-7H2,1-2H3,(H,13,14)/t8-,9+,10-/m0/s1. The molecule has 0 aromatic carbocycles. The molecule has 3 atom stereocenters. The fraction of sp³-hybridized carbons (Fsp3) is 0.833. The van der Waals surface area contributed by atoms with Crippen molar-refractivity contribution < 1.29 is 19.4 Å². The van der Waals surface area contributed by atoms with E-state index in [2.05, 4.69) is 0 Å². The highest BCUT2D eigenvalue weighted by molar-refractivity contribution is 5.73. The van der Waals surface area contributed by atoms with Gasteiger partial charge in [0.2, 0.25) is 0 Å². The van der Waals surface area contributed by atoms with Crippen LogP contribution in [0.2, 0.25) is 0 Å². The van der Waals surface area contributed by atoms with Crippen LogP contribution in [0.3, 0.4) is 0 Å². The summed E-state index contributed by atoms with van der Waals surface area (Å²) in [6.07, 6.45) is 2.60. The summed E-state index contributed by atoms with van der Waals surface area (Å²) in [5, 5.41) is 8.74. The van der Waals surface area contributed by atoms with Gasteiger partial charge in [0.25, 0.3) is 0 Å². The van der Waals surface area contributed by atoms with E-state index in [0.717, 1.165) is 12.8 Å². The zero-order valence-electron chi connectivity index (χ0n) is 9.94. The van der Waals surface area contributed by atoms with Gasteiger partial charge in [0, 0.05) is 6.42 Å². The lowest BCUT2D eigenvalue weighted by Crippen LogP contribution is -2.21. The summed E-state index contributed by atoms with van der Waals surface area (Å²) in [7, 11) is 0. The number of esters is 1. The Bertz CT molecular complexity index is 262. The maximum absolute atomic E-state index is 11.7. The van der Waals surface area contributed by atoms with Gasteiger partial charge < -0.3 is 9.84 Å². The van der Waals surface area contributed by atoms with Crippen LogP contribution in [0.5, 0.6) is 0 Å². The first kappa shape index (κ1) is 13.0. The Morgan fingerprint density at radius 1 is 1.31 bits per heavy atom. The lowest BCUT2D eigenvalue weighted by Gasteiger charge is -2.15. The van der Waals surface area contributed by atoms with Crippen LogP contribution in [0, 0.1) is 17.8 Å². The molecule has 0 unspecified atom stereocenters. The summed E-state index contributed by atoms with van der Waals surface area (Å²) in [5.74, 6) is -0.582. The predicted octanol–water partition coefficient (Wildman–Crippen LogP) is 2.08. The molecule has 4 nitrogen and oxygen atoms in total. The van der Waals surface area contributed by atoms with Crippen molar-refractivity contribution >= 4 is 11.9 Å². The van der Waals surface area contributed by atoms with Crippen molar-refractivity contribution in [1.29, 1.82) is 0 Å². The average molecular weight is 228 g/mol. The predicted molar refractivity (Wildman–Crippen MR) is 58.9 cm³/mol. The third-order valence-corrected chi connectivity index (χ3v) is 3.37. The molecule has 0 saturated heterocycles. The third-order valence-electron chi connectivity index (χ3n) is 3.37. The number of hydrogen-bond acceptors (Lipinski definition) is 3. The number of carboxylic acid groups (broad SMARTS) is 1. The molecule has 0 spiro atoms. The SMILES string of the molecule is CCOC(=O)[C@H]1C[C@@H](CC(=O)O)C[C@H]1CC. The average Bonchev–Trinajstić information content (AvgIpc) is 2.60. The Morgan fingerprint density at radius 3 is 2.50 bits per heavy atom. The van der Waals surface area contributed by atoms with E-state index >= 15 is 0 Å². The van der Waals surface area contributed by atoms with E-state index in [1.54, 1.807) is 6.92 Å². The van der Waals surface area contributed by atoms with Crippen LogP contribution in [-0.4, -0.2) is 23.7 Å². The van der Waals surface area contributed by atoms with Crippen LogP contribution >= 0.6 is 0 Å². The second kappa shape index (κ2) is 5.87. The topological polar surface area (TPSA) is 63.6 Å². The van der Waals surface area contributed by atoms with Gasteiger partial charge in [-0.05, 0) is 31.6 Å². The van der Waals surface area contributed by atoms with E-state index in [1.165, 1.54) is 0 Å². The number of carbonyl (C=O) groups is 2. The summed E-state index contributed by atoms with van der Waals surface area (Å²) in [4.78, 5) is 22.3. The molecular formula is C12H20O4. The summed E-state index contributed by atoms with van der Waals surface area (Å²) >= 11 is 0.